The molecule has 0 bridgehead atoms. The number of hydrogen-bond donors (Lipinski definition) is 1. The van der Waals surface area contributed by atoms with Crippen LogP contribution in [0.1, 0.15) is 35.4 Å². The first-order valence-corrected chi connectivity index (χ1v) is 12.1. The van der Waals surface area contributed by atoms with Crippen molar-refractivity contribution < 1.29 is 14.6 Å². The van der Waals surface area contributed by atoms with E-state index in [1.54, 1.807) is 13.2 Å². The van der Waals surface area contributed by atoms with Gasteiger partial charge in [0.1, 0.15) is 23.9 Å². The maximum atomic E-state index is 10.0. The normalized spacial score (nSPS) is 17.0. The first-order valence-electron chi connectivity index (χ1n) is 12.1. The number of nitrogens with zero attached hydrogens (tertiary/aromatic N) is 1. The van der Waals surface area contributed by atoms with Crippen molar-refractivity contribution in [2.75, 3.05) is 33.4 Å². The van der Waals surface area contributed by atoms with Gasteiger partial charge in [-0.1, -0.05) is 36.4 Å². The van der Waals surface area contributed by atoms with Gasteiger partial charge in [-0.2, -0.15) is 0 Å². The van der Waals surface area contributed by atoms with E-state index in [1.165, 1.54) is 59.1 Å². The number of phenols is 1. The SMILES string of the molecule is COc1ccc2c(c1)-c1ccc3cc(O)ccc3c1C2c1ccc(OCCN2CCCC2)cc1. The van der Waals surface area contributed by atoms with Crippen LogP contribution in [0.4, 0.5) is 0 Å². The first kappa shape index (κ1) is 21.1. The van der Waals surface area contributed by atoms with Crippen LogP contribution in [0.5, 0.6) is 17.2 Å². The summed E-state index contributed by atoms with van der Waals surface area (Å²) in [5, 5.41) is 12.3. The monoisotopic (exact) mass is 451 g/mol. The van der Waals surface area contributed by atoms with E-state index in [0.717, 1.165) is 30.0 Å². The largest absolute Gasteiger partial charge is 0.508 e. The zero-order valence-corrected chi connectivity index (χ0v) is 19.5. The molecule has 172 valence electrons. The second kappa shape index (κ2) is 8.69. The molecule has 4 heteroatoms. The predicted octanol–water partition coefficient (Wildman–Crippen LogP) is 6.19. The molecule has 6 rings (SSSR count). The molecule has 1 unspecified atom stereocenters. The van der Waals surface area contributed by atoms with E-state index in [-0.39, 0.29) is 11.7 Å². The van der Waals surface area contributed by atoms with E-state index in [4.69, 9.17) is 9.47 Å². The van der Waals surface area contributed by atoms with Crippen molar-refractivity contribution in [3.8, 4) is 28.4 Å². The highest BCUT2D eigenvalue weighted by Crippen LogP contribution is 2.51. The average Bonchev–Trinajstić information content (AvgIpc) is 3.50. The molecule has 4 nitrogen and oxygen atoms in total. The summed E-state index contributed by atoms with van der Waals surface area (Å²) < 4.78 is 11.6. The van der Waals surface area contributed by atoms with E-state index in [0.29, 0.717) is 0 Å². The van der Waals surface area contributed by atoms with E-state index in [9.17, 15) is 5.11 Å². The van der Waals surface area contributed by atoms with Crippen LogP contribution in [-0.4, -0.2) is 43.4 Å². The van der Waals surface area contributed by atoms with E-state index in [2.05, 4.69) is 53.4 Å². The number of hydrogen-bond acceptors (Lipinski definition) is 4. The highest BCUT2D eigenvalue weighted by Gasteiger charge is 2.32. The van der Waals surface area contributed by atoms with Crippen molar-refractivity contribution in [3.63, 3.8) is 0 Å². The summed E-state index contributed by atoms with van der Waals surface area (Å²) in [6.07, 6.45) is 2.61. The van der Waals surface area contributed by atoms with Crippen molar-refractivity contribution in [3.05, 3.63) is 89.5 Å². The van der Waals surface area contributed by atoms with Crippen molar-refractivity contribution >= 4 is 10.8 Å². The minimum atomic E-state index is 0.114. The zero-order valence-electron chi connectivity index (χ0n) is 19.5. The summed E-state index contributed by atoms with van der Waals surface area (Å²) in [5.74, 6) is 2.18. The Hall–Kier alpha value is -3.50. The molecule has 0 spiro atoms. The Kier molecular flexibility index (Phi) is 5.39. The Labute approximate surface area is 200 Å². The Balaban J connectivity index is 1.37. The fourth-order valence-electron chi connectivity index (χ4n) is 5.59. The van der Waals surface area contributed by atoms with Gasteiger partial charge in [0.25, 0.3) is 0 Å². The van der Waals surface area contributed by atoms with Crippen LogP contribution in [0.15, 0.2) is 72.8 Å². The van der Waals surface area contributed by atoms with Crippen molar-refractivity contribution in [1.29, 1.82) is 0 Å². The van der Waals surface area contributed by atoms with Crippen LogP contribution >= 0.6 is 0 Å². The third-order valence-electron chi connectivity index (χ3n) is 7.28. The van der Waals surface area contributed by atoms with Crippen molar-refractivity contribution in [2.24, 2.45) is 0 Å². The molecule has 1 fully saturated rings. The molecule has 0 amide bonds. The maximum Gasteiger partial charge on any atom is 0.119 e. The molecule has 0 radical (unpaired) electrons. The van der Waals surface area contributed by atoms with Crippen LogP contribution < -0.4 is 9.47 Å². The average molecular weight is 452 g/mol. The first-order chi connectivity index (χ1) is 16.7. The summed E-state index contributed by atoms with van der Waals surface area (Å²) in [6, 6.07) is 24.9. The number of methoxy groups -OCH3 is 1. The molecule has 1 N–H and O–H groups in total. The van der Waals surface area contributed by atoms with Crippen LogP contribution in [0.25, 0.3) is 21.9 Å². The Morgan fingerprint density at radius 2 is 1.65 bits per heavy atom. The van der Waals surface area contributed by atoms with Crippen molar-refractivity contribution in [2.45, 2.75) is 18.8 Å². The Morgan fingerprint density at radius 1 is 0.853 bits per heavy atom. The topological polar surface area (TPSA) is 41.9 Å². The van der Waals surface area contributed by atoms with Gasteiger partial charge in [0.05, 0.1) is 7.11 Å². The zero-order chi connectivity index (χ0) is 23.1. The molecule has 1 atom stereocenters. The van der Waals surface area contributed by atoms with Gasteiger partial charge in [0.2, 0.25) is 0 Å². The molecule has 34 heavy (non-hydrogen) atoms. The molecular formula is C30H29NO3. The molecule has 2 aliphatic rings. The van der Waals surface area contributed by atoms with Gasteiger partial charge < -0.3 is 14.6 Å². The number of ether oxygens (including phenoxy) is 2. The molecule has 4 aromatic carbocycles. The fourth-order valence-corrected chi connectivity index (χ4v) is 5.59. The van der Waals surface area contributed by atoms with E-state index < -0.39 is 0 Å². The summed E-state index contributed by atoms with van der Waals surface area (Å²) >= 11 is 0. The smallest absolute Gasteiger partial charge is 0.119 e. The Morgan fingerprint density at radius 3 is 2.44 bits per heavy atom. The van der Waals surface area contributed by atoms with Crippen LogP contribution in [0, 0.1) is 0 Å². The van der Waals surface area contributed by atoms with Gasteiger partial charge in [0, 0.05) is 12.5 Å². The van der Waals surface area contributed by atoms with E-state index in [1.807, 2.05) is 18.2 Å². The van der Waals surface area contributed by atoms with Crippen LogP contribution in [0.3, 0.4) is 0 Å². The van der Waals surface area contributed by atoms with Gasteiger partial charge in [-0.15, -0.1) is 0 Å². The molecule has 0 saturated carbocycles. The number of likely N-dealkylation sites (tertiary alicyclic amines) is 1. The second-order valence-electron chi connectivity index (χ2n) is 9.28. The predicted molar refractivity (Wildman–Crippen MR) is 136 cm³/mol. The molecule has 1 heterocycles. The quantitative estimate of drug-likeness (QED) is 0.334. The molecule has 4 aromatic rings. The summed E-state index contributed by atoms with van der Waals surface area (Å²) in [6.45, 7) is 4.10. The van der Waals surface area contributed by atoms with Crippen molar-refractivity contribution in [1.82, 2.24) is 4.90 Å². The van der Waals surface area contributed by atoms with Gasteiger partial charge in [0.15, 0.2) is 0 Å². The van der Waals surface area contributed by atoms with Gasteiger partial charge >= 0.3 is 0 Å². The summed E-state index contributed by atoms with van der Waals surface area (Å²) in [5.41, 5.74) is 6.23. The highest BCUT2D eigenvalue weighted by atomic mass is 16.5. The van der Waals surface area contributed by atoms with Crippen LogP contribution in [0.2, 0.25) is 0 Å². The minimum absolute atomic E-state index is 0.114. The number of aromatic hydroxyl groups is 1. The standard InChI is InChI=1S/C30H29NO3/c1-33-24-10-13-26-28(19-24)27-11-6-21-18-22(32)7-12-25(21)30(27)29(26)20-4-8-23(9-5-20)34-17-16-31-14-2-3-15-31/h4-13,18-19,29,32H,2-3,14-17H2,1H3. The molecular weight excluding hydrogens is 422 g/mol. The van der Waals surface area contributed by atoms with E-state index >= 15 is 0 Å². The highest BCUT2D eigenvalue weighted by molar-refractivity contribution is 5.98. The summed E-state index contributed by atoms with van der Waals surface area (Å²) in [4.78, 5) is 2.47. The molecule has 1 aliphatic carbocycles. The fraction of sp³-hybridized carbons (Fsp3) is 0.267. The third kappa shape index (κ3) is 3.68. The summed E-state index contributed by atoms with van der Waals surface area (Å²) in [7, 11) is 1.71. The lowest BCUT2D eigenvalue weighted by molar-refractivity contribution is 0.238. The number of fused-ring (bicyclic) bond motifs is 5. The number of benzene rings is 4. The minimum Gasteiger partial charge on any atom is -0.508 e. The second-order valence-corrected chi connectivity index (χ2v) is 9.28. The van der Waals surface area contributed by atoms with Gasteiger partial charge in [-0.3, -0.25) is 4.90 Å². The van der Waals surface area contributed by atoms with Gasteiger partial charge in [-0.05, 0) is 101 Å². The lowest BCUT2D eigenvalue weighted by atomic mass is 9.86. The maximum absolute atomic E-state index is 10.0. The molecule has 0 aromatic heterocycles. The number of rotatable bonds is 6. The van der Waals surface area contributed by atoms with Crippen LogP contribution in [-0.2, 0) is 0 Å². The Bertz CT molecular complexity index is 1340. The lowest BCUT2D eigenvalue weighted by Gasteiger charge is -2.18. The number of phenolic OH excluding ortho intramolecular Hbond substituents is 1. The van der Waals surface area contributed by atoms with Gasteiger partial charge in [-0.25, -0.2) is 0 Å². The molecule has 1 aliphatic heterocycles. The molecule has 1 saturated heterocycles. The lowest BCUT2D eigenvalue weighted by Crippen LogP contribution is -2.25. The third-order valence-corrected chi connectivity index (χ3v) is 7.28.